The highest BCUT2D eigenvalue weighted by Crippen LogP contribution is 2.30. The molecule has 0 bridgehead atoms. The number of benzene rings is 3. The number of nitrogens with two attached hydrogens (primary N) is 1. The number of anilines is 1. The van der Waals surface area contributed by atoms with Gasteiger partial charge in [-0.15, -0.1) is 11.3 Å². The van der Waals surface area contributed by atoms with Crippen molar-refractivity contribution in [1.29, 1.82) is 5.41 Å². The molecule has 0 saturated heterocycles. The third-order valence-electron chi connectivity index (χ3n) is 5.76. The SMILES string of the molecule is COCCCC(=O)Nc1cccc(S(=O)(=O)NC(Cc2cccc(C(=N)N)c2)c2nc3ccccc3s2)c1. The van der Waals surface area contributed by atoms with E-state index < -0.39 is 16.1 Å². The van der Waals surface area contributed by atoms with Crippen LogP contribution in [0.2, 0.25) is 0 Å². The molecule has 0 saturated carbocycles. The molecule has 1 atom stereocenters. The fourth-order valence-electron chi connectivity index (χ4n) is 3.92. The van der Waals surface area contributed by atoms with Crippen LogP contribution in [0.4, 0.5) is 5.69 Å². The van der Waals surface area contributed by atoms with Gasteiger partial charge in [-0.2, -0.15) is 0 Å². The molecule has 1 amide bonds. The number of amides is 1. The Hall–Kier alpha value is -3.64. The van der Waals surface area contributed by atoms with Crippen molar-refractivity contribution in [2.75, 3.05) is 19.0 Å². The summed E-state index contributed by atoms with van der Waals surface area (Å²) in [6.45, 7) is 0.467. The molecule has 1 unspecified atom stereocenters. The third kappa shape index (κ3) is 7.01. The van der Waals surface area contributed by atoms with Crippen molar-refractivity contribution in [3.63, 3.8) is 0 Å². The van der Waals surface area contributed by atoms with E-state index in [0.717, 1.165) is 15.8 Å². The van der Waals surface area contributed by atoms with E-state index in [-0.39, 0.29) is 23.1 Å². The molecule has 3 aromatic carbocycles. The van der Waals surface area contributed by atoms with Crippen molar-refractivity contribution in [3.8, 4) is 0 Å². The van der Waals surface area contributed by atoms with Crippen molar-refractivity contribution < 1.29 is 17.9 Å². The highest BCUT2D eigenvalue weighted by Gasteiger charge is 2.25. The summed E-state index contributed by atoms with van der Waals surface area (Å²) in [5.41, 5.74) is 8.20. The van der Waals surface area contributed by atoms with E-state index in [0.29, 0.717) is 35.7 Å². The lowest BCUT2D eigenvalue weighted by atomic mass is 10.0. The van der Waals surface area contributed by atoms with E-state index in [1.807, 2.05) is 30.3 Å². The van der Waals surface area contributed by atoms with Crippen LogP contribution < -0.4 is 15.8 Å². The first-order valence-corrected chi connectivity index (χ1v) is 14.2. The Morgan fingerprint density at radius 1 is 1.11 bits per heavy atom. The van der Waals surface area contributed by atoms with Crippen LogP contribution in [-0.2, 0) is 26.0 Å². The number of nitrogens with one attached hydrogen (secondary N) is 3. The van der Waals surface area contributed by atoms with Gasteiger partial charge in [-0.25, -0.2) is 18.1 Å². The second-order valence-corrected chi connectivity index (χ2v) is 11.5. The van der Waals surface area contributed by atoms with E-state index in [4.69, 9.17) is 20.9 Å². The Kier molecular flexibility index (Phi) is 8.85. The Morgan fingerprint density at radius 2 is 1.89 bits per heavy atom. The average Bonchev–Trinajstić information content (AvgIpc) is 3.33. The number of nitrogen functional groups attached to an aromatic ring is 1. The number of fused-ring (bicyclic) bond motifs is 1. The number of sulfonamides is 1. The number of hydrogen-bond acceptors (Lipinski definition) is 7. The average molecular weight is 552 g/mol. The van der Waals surface area contributed by atoms with Gasteiger partial charge in [-0.1, -0.05) is 36.4 Å². The molecule has 0 fully saturated rings. The van der Waals surface area contributed by atoms with Crippen molar-refractivity contribution in [1.82, 2.24) is 9.71 Å². The molecular formula is C27H29N5O4S2. The van der Waals surface area contributed by atoms with E-state index in [1.165, 1.54) is 23.5 Å². The fraction of sp³-hybridized carbons (Fsp3) is 0.222. The van der Waals surface area contributed by atoms with Gasteiger partial charge >= 0.3 is 0 Å². The van der Waals surface area contributed by atoms with Gasteiger partial charge in [0.05, 0.1) is 21.2 Å². The maximum absolute atomic E-state index is 13.5. The topological polar surface area (TPSA) is 147 Å². The molecule has 198 valence electrons. The number of ether oxygens (including phenoxy) is 1. The Bertz CT molecular complexity index is 1520. The number of methoxy groups -OCH3 is 1. The summed E-state index contributed by atoms with van der Waals surface area (Å²) >= 11 is 1.42. The largest absolute Gasteiger partial charge is 0.385 e. The summed E-state index contributed by atoms with van der Waals surface area (Å²) in [5.74, 6) is -0.285. The predicted octanol–water partition coefficient (Wildman–Crippen LogP) is 4.21. The van der Waals surface area contributed by atoms with Gasteiger partial charge in [0.1, 0.15) is 10.8 Å². The molecule has 5 N–H and O–H groups in total. The molecule has 0 aliphatic rings. The zero-order valence-electron chi connectivity index (χ0n) is 20.8. The van der Waals surface area contributed by atoms with E-state index in [2.05, 4.69) is 10.0 Å². The number of carbonyl (C=O) groups is 1. The van der Waals surface area contributed by atoms with Crippen LogP contribution in [0.1, 0.15) is 35.0 Å². The van der Waals surface area contributed by atoms with Gasteiger partial charge < -0.3 is 15.8 Å². The molecule has 0 aliphatic carbocycles. The third-order valence-corrected chi connectivity index (χ3v) is 8.38. The lowest BCUT2D eigenvalue weighted by Gasteiger charge is -2.18. The number of para-hydroxylation sites is 1. The smallest absolute Gasteiger partial charge is 0.241 e. The highest BCUT2D eigenvalue weighted by molar-refractivity contribution is 7.89. The monoisotopic (exact) mass is 551 g/mol. The van der Waals surface area contributed by atoms with Gasteiger partial charge in [0.2, 0.25) is 15.9 Å². The number of nitrogens with zero attached hydrogens (tertiary/aromatic N) is 1. The minimum Gasteiger partial charge on any atom is -0.385 e. The summed E-state index contributed by atoms with van der Waals surface area (Å²) in [4.78, 5) is 16.9. The zero-order valence-corrected chi connectivity index (χ0v) is 22.4. The maximum atomic E-state index is 13.5. The summed E-state index contributed by atoms with van der Waals surface area (Å²) < 4.78 is 35.8. The summed E-state index contributed by atoms with van der Waals surface area (Å²) in [6, 6.07) is 20.2. The lowest BCUT2D eigenvalue weighted by molar-refractivity contribution is -0.116. The first-order chi connectivity index (χ1) is 18.2. The molecule has 38 heavy (non-hydrogen) atoms. The number of rotatable bonds is 12. The van der Waals surface area contributed by atoms with E-state index >= 15 is 0 Å². The van der Waals surface area contributed by atoms with Crippen molar-refractivity contribution in [2.24, 2.45) is 5.73 Å². The number of hydrogen-bond donors (Lipinski definition) is 4. The lowest BCUT2D eigenvalue weighted by Crippen LogP contribution is -2.30. The van der Waals surface area contributed by atoms with Crippen LogP contribution in [-0.4, -0.2) is 38.9 Å². The van der Waals surface area contributed by atoms with Crippen LogP contribution >= 0.6 is 11.3 Å². The molecule has 4 rings (SSSR count). The second kappa shape index (κ2) is 12.3. The van der Waals surface area contributed by atoms with Gasteiger partial charge in [0.25, 0.3) is 0 Å². The van der Waals surface area contributed by atoms with Crippen LogP contribution in [0.25, 0.3) is 10.2 Å². The van der Waals surface area contributed by atoms with Crippen molar-refractivity contribution in [2.45, 2.75) is 30.2 Å². The molecule has 4 aromatic rings. The molecule has 0 spiro atoms. The van der Waals surface area contributed by atoms with Crippen LogP contribution in [0.5, 0.6) is 0 Å². The number of amidine groups is 1. The normalized spacial score (nSPS) is 12.3. The molecule has 1 aromatic heterocycles. The first-order valence-electron chi connectivity index (χ1n) is 11.9. The molecule has 1 heterocycles. The fourth-order valence-corrected chi connectivity index (χ4v) is 6.26. The van der Waals surface area contributed by atoms with Crippen LogP contribution in [0, 0.1) is 5.41 Å². The van der Waals surface area contributed by atoms with Crippen molar-refractivity contribution >= 4 is 49.0 Å². The van der Waals surface area contributed by atoms with Gasteiger partial charge in [0, 0.05) is 31.4 Å². The quantitative estimate of drug-likeness (QED) is 0.118. The number of aromatic nitrogens is 1. The van der Waals surface area contributed by atoms with Gasteiger partial charge in [-0.3, -0.25) is 10.2 Å². The maximum Gasteiger partial charge on any atom is 0.241 e. The minimum absolute atomic E-state index is 0.0239. The van der Waals surface area contributed by atoms with Crippen LogP contribution in [0.15, 0.2) is 77.7 Å². The molecule has 0 aliphatic heterocycles. The zero-order chi connectivity index (χ0) is 27.1. The van der Waals surface area contributed by atoms with Gasteiger partial charge in [-0.05, 0) is 54.8 Å². The van der Waals surface area contributed by atoms with Gasteiger partial charge in [0.15, 0.2) is 0 Å². The van der Waals surface area contributed by atoms with Crippen molar-refractivity contribution in [3.05, 3.63) is 88.9 Å². The second-order valence-electron chi connectivity index (χ2n) is 8.68. The Morgan fingerprint density at radius 3 is 2.66 bits per heavy atom. The molecule has 9 nitrogen and oxygen atoms in total. The highest BCUT2D eigenvalue weighted by atomic mass is 32.2. The summed E-state index contributed by atoms with van der Waals surface area (Å²) in [5, 5.41) is 11.1. The predicted molar refractivity (Wildman–Crippen MR) is 150 cm³/mol. The minimum atomic E-state index is -3.99. The number of thiazole rings is 1. The standard InChI is InChI=1S/C27H29N5O4S2/c1-36-14-6-13-25(33)30-20-9-5-10-21(17-20)38(34,35)32-23(16-18-7-4-8-19(15-18)26(28)29)27-31-22-11-2-3-12-24(22)37-27/h2-5,7-12,15,17,23,32H,6,13-14,16H2,1H3,(H3,28,29)(H,30,33). The first kappa shape index (κ1) is 27.4. The van der Waals surface area contributed by atoms with Crippen LogP contribution in [0.3, 0.4) is 0 Å². The Balaban J connectivity index is 1.61. The van der Waals surface area contributed by atoms with E-state index in [1.54, 1.807) is 37.4 Å². The van der Waals surface area contributed by atoms with E-state index in [9.17, 15) is 13.2 Å². The Labute approximate surface area is 225 Å². The summed E-state index contributed by atoms with van der Waals surface area (Å²) in [6.07, 6.45) is 1.13. The molecule has 11 heteroatoms. The summed E-state index contributed by atoms with van der Waals surface area (Å²) in [7, 11) is -2.42. The number of carbonyl (C=O) groups excluding carboxylic acids is 1. The molecule has 0 radical (unpaired) electrons. The molecular weight excluding hydrogens is 522 g/mol.